The molecule has 14 nitrogen and oxygen atoms in total. The molecular formula is C35H54N6O8. The van der Waals surface area contributed by atoms with Crippen LogP contribution in [0.5, 0.6) is 11.5 Å². The van der Waals surface area contributed by atoms with Crippen LogP contribution < -0.4 is 30.7 Å². The van der Waals surface area contributed by atoms with E-state index in [1.165, 1.54) is 14.0 Å². The molecule has 3 atom stereocenters. The number of rotatable bonds is 6. The maximum atomic E-state index is 13.3. The number of carbonyl (C=O) groups is 4. The second-order valence-corrected chi connectivity index (χ2v) is 13.0. The predicted octanol–water partition coefficient (Wildman–Crippen LogP) is 1.93. The Hall–Kier alpha value is -4.17. The van der Waals surface area contributed by atoms with Crippen molar-refractivity contribution in [3.63, 3.8) is 0 Å². The first kappa shape index (κ1) is 39.3. The van der Waals surface area contributed by atoms with Crippen molar-refractivity contribution in [3.8, 4) is 11.5 Å². The molecular weight excluding hydrogens is 632 g/mol. The second kappa shape index (κ2) is 19.7. The van der Waals surface area contributed by atoms with E-state index in [0.717, 1.165) is 35.5 Å². The molecule has 0 radical (unpaired) electrons. The first-order chi connectivity index (χ1) is 23.4. The molecule has 3 heterocycles. The average Bonchev–Trinajstić information content (AvgIpc) is 3.37. The van der Waals surface area contributed by atoms with Crippen LogP contribution in [0.3, 0.4) is 0 Å². The van der Waals surface area contributed by atoms with Crippen LogP contribution in [-0.2, 0) is 32.1 Å². The number of fused-ring (bicyclic) bond motifs is 23. The zero-order valence-corrected chi connectivity index (χ0v) is 29.7. The quantitative estimate of drug-likeness (QED) is 0.282. The summed E-state index contributed by atoms with van der Waals surface area (Å²) in [5.74, 6) is 0.0514. The van der Waals surface area contributed by atoms with Gasteiger partial charge in [-0.05, 0) is 83.0 Å². The van der Waals surface area contributed by atoms with Gasteiger partial charge in [0.25, 0.3) is 5.91 Å². The number of nitrogens with zero attached hydrogens (tertiary/aromatic N) is 2. The van der Waals surface area contributed by atoms with Crippen LogP contribution in [0.25, 0.3) is 0 Å². The lowest BCUT2D eigenvalue weighted by molar-refractivity contribution is -0.134. The van der Waals surface area contributed by atoms with Crippen LogP contribution in [0.2, 0.25) is 0 Å². The first-order valence-corrected chi connectivity index (χ1v) is 17.1. The monoisotopic (exact) mass is 686 g/mol. The molecule has 2 aliphatic heterocycles. The average molecular weight is 687 g/mol. The molecule has 272 valence electrons. The number of aliphatic hydroxyl groups excluding tert-OH is 1. The predicted molar refractivity (Wildman–Crippen MR) is 183 cm³/mol. The lowest BCUT2D eigenvalue weighted by Gasteiger charge is -2.26. The number of benzene rings is 1. The van der Waals surface area contributed by atoms with Gasteiger partial charge in [-0.1, -0.05) is 25.1 Å². The van der Waals surface area contributed by atoms with E-state index >= 15 is 0 Å². The number of carbonyl (C=O) groups excluding carboxylic acids is 4. The van der Waals surface area contributed by atoms with Gasteiger partial charge in [0.15, 0.2) is 18.1 Å². The molecule has 0 spiro atoms. The number of methoxy groups -OCH3 is 1. The van der Waals surface area contributed by atoms with Crippen LogP contribution >= 0.6 is 0 Å². The zero-order chi connectivity index (χ0) is 35.9. The van der Waals surface area contributed by atoms with E-state index in [1.54, 1.807) is 18.2 Å². The fourth-order valence-electron chi connectivity index (χ4n) is 5.60. The number of ether oxygens (including phenoxy) is 2. The molecule has 0 aliphatic carbocycles. The maximum absolute atomic E-state index is 13.3. The van der Waals surface area contributed by atoms with Gasteiger partial charge in [0.05, 0.1) is 18.9 Å². The Bertz CT molecular complexity index is 1370. The van der Waals surface area contributed by atoms with Gasteiger partial charge < -0.3 is 40.4 Å². The molecule has 2 bridgehead atoms. The van der Waals surface area contributed by atoms with Crippen molar-refractivity contribution in [3.05, 3.63) is 40.8 Å². The molecule has 0 fully saturated rings. The van der Waals surface area contributed by atoms with Crippen LogP contribution in [0.4, 0.5) is 0 Å². The topological polar surface area (TPSA) is 184 Å². The molecule has 5 N–H and O–H groups in total. The van der Waals surface area contributed by atoms with Crippen molar-refractivity contribution in [2.45, 2.75) is 97.9 Å². The van der Waals surface area contributed by atoms with Crippen LogP contribution in [-0.4, -0.2) is 96.9 Å². The van der Waals surface area contributed by atoms with Gasteiger partial charge in [-0.2, -0.15) is 0 Å². The van der Waals surface area contributed by atoms with E-state index in [2.05, 4.69) is 31.3 Å². The number of aryl methyl sites for hydroxylation is 3. The van der Waals surface area contributed by atoms with E-state index in [-0.39, 0.29) is 30.8 Å². The summed E-state index contributed by atoms with van der Waals surface area (Å²) in [7, 11) is 1.50. The normalized spacial score (nSPS) is 20.9. The lowest BCUT2D eigenvalue weighted by Crippen LogP contribution is -2.57. The number of amides is 4. The summed E-state index contributed by atoms with van der Waals surface area (Å²) >= 11 is 0. The van der Waals surface area contributed by atoms with Crippen molar-refractivity contribution in [2.75, 3.05) is 39.9 Å². The Labute approximate surface area is 289 Å². The van der Waals surface area contributed by atoms with Gasteiger partial charge in [-0.15, -0.1) is 0 Å². The molecule has 14 heteroatoms. The smallest absolute Gasteiger partial charge is 0.257 e. The zero-order valence-electron chi connectivity index (χ0n) is 29.7. The number of nitrogens with one attached hydrogen (secondary N) is 4. The summed E-state index contributed by atoms with van der Waals surface area (Å²) in [6.45, 7) is 11.8. The molecule has 2 aromatic rings. The Balaban J connectivity index is 1.77. The summed E-state index contributed by atoms with van der Waals surface area (Å²) in [6.07, 6.45) is 1.79. The highest BCUT2D eigenvalue weighted by molar-refractivity contribution is 5.92. The van der Waals surface area contributed by atoms with E-state index in [9.17, 15) is 24.3 Å². The molecule has 49 heavy (non-hydrogen) atoms. The van der Waals surface area contributed by atoms with Gasteiger partial charge in [0, 0.05) is 38.2 Å². The van der Waals surface area contributed by atoms with Gasteiger partial charge in [-0.3, -0.25) is 24.1 Å². The van der Waals surface area contributed by atoms with Crippen LogP contribution in [0.15, 0.2) is 22.7 Å². The molecule has 0 saturated heterocycles. The summed E-state index contributed by atoms with van der Waals surface area (Å²) in [6, 6.07) is 3.18. The fraction of sp³-hybridized carbons (Fsp3) is 0.629. The Kier molecular flexibility index (Phi) is 15.8. The van der Waals surface area contributed by atoms with Gasteiger partial charge in [-0.25, -0.2) is 0 Å². The van der Waals surface area contributed by atoms with Crippen molar-refractivity contribution in [1.29, 1.82) is 0 Å². The van der Waals surface area contributed by atoms with Crippen molar-refractivity contribution in [1.82, 2.24) is 31.3 Å². The maximum Gasteiger partial charge on any atom is 0.257 e. The van der Waals surface area contributed by atoms with E-state index < -0.39 is 30.0 Å². The minimum atomic E-state index is -1.18. The number of hydrogen-bond acceptors (Lipinski definition) is 10. The molecule has 0 unspecified atom stereocenters. The minimum absolute atomic E-state index is 0.0752. The SMILES string of the molecule is COc1cc2ccc1OCC(=O)NCCCN(Cc1c(C)noc1C)CCCCNC(=O)[C@H]([C@@H](C)O)NC(=O)[C@@H](CC(C)C)NC(=O)CC2. The van der Waals surface area contributed by atoms with Gasteiger partial charge in [0.2, 0.25) is 17.7 Å². The first-order valence-electron chi connectivity index (χ1n) is 17.1. The minimum Gasteiger partial charge on any atom is -0.493 e. The highest BCUT2D eigenvalue weighted by Gasteiger charge is 2.30. The summed E-state index contributed by atoms with van der Waals surface area (Å²) in [4.78, 5) is 54.2. The lowest BCUT2D eigenvalue weighted by atomic mass is 10.0. The number of hydrogen-bond donors (Lipinski definition) is 5. The summed E-state index contributed by atoms with van der Waals surface area (Å²) in [5.41, 5.74) is 2.66. The third-order valence-corrected chi connectivity index (χ3v) is 8.39. The molecule has 1 aromatic carbocycles. The summed E-state index contributed by atoms with van der Waals surface area (Å²) < 4.78 is 16.6. The fourth-order valence-corrected chi connectivity index (χ4v) is 5.60. The van der Waals surface area contributed by atoms with Crippen LogP contribution in [0, 0.1) is 19.8 Å². The number of aromatic nitrogens is 1. The standard InChI is InChI=1S/C35H54N6O8/c1-22(2)18-28-34(45)39-33(24(4)42)35(46)37-14-7-8-16-41(20-27-23(3)40-49-25(27)5)17-9-15-36-32(44)21-48-29-12-10-26(19-30(29)47-6)11-13-31(43)38-28/h10,12,19,22,24,28,33,42H,7-9,11,13-18,20-21H2,1-6H3,(H,36,44)(H,37,46)(H,38,43)(H,39,45)/t24-,28-,33+/m1/s1. The Morgan fingerprint density at radius 3 is 2.37 bits per heavy atom. The third kappa shape index (κ3) is 13.0. The highest BCUT2D eigenvalue weighted by atomic mass is 16.5. The largest absolute Gasteiger partial charge is 0.493 e. The molecule has 0 saturated carbocycles. The Morgan fingerprint density at radius 1 is 0.959 bits per heavy atom. The van der Waals surface area contributed by atoms with Crippen LogP contribution in [0.1, 0.15) is 75.5 Å². The van der Waals surface area contributed by atoms with E-state index in [0.29, 0.717) is 63.4 Å². The number of aliphatic hydroxyl groups is 1. The van der Waals surface area contributed by atoms with Gasteiger partial charge in [0.1, 0.15) is 17.8 Å². The Morgan fingerprint density at radius 2 is 1.69 bits per heavy atom. The van der Waals surface area contributed by atoms with Crippen molar-refractivity contribution >= 4 is 23.6 Å². The molecule has 2 aliphatic rings. The molecule has 1 aromatic heterocycles. The summed E-state index contributed by atoms with van der Waals surface area (Å²) in [5, 5.41) is 25.7. The van der Waals surface area contributed by atoms with E-state index in [1.807, 2.05) is 27.7 Å². The molecule has 4 amide bonds. The van der Waals surface area contributed by atoms with Crippen molar-refractivity contribution in [2.24, 2.45) is 5.92 Å². The molecule has 4 rings (SSSR count). The van der Waals surface area contributed by atoms with E-state index in [4.69, 9.17) is 14.0 Å². The highest BCUT2D eigenvalue weighted by Crippen LogP contribution is 2.28. The third-order valence-electron chi connectivity index (χ3n) is 8.39. The van der Waals surface area contributed by atoms with Crippen molar-refractivity contribution < 1.29 is 38.3 Å². The second-order valence-electron chi connectivity index (χ2n) is 13.0. The van der Waals surface area contributed by atoms with Gasteiger partial charge >= 0.3 is 0 Å².